The summed E-state index contributed by atoms with van der Waals surface area (Å²) in [5.41, 5.74) is -1.22. The number of fused-ring (bicyclic) bond motifs is 2. The molecule has 0 saturated heterocycles. The maximum atomic E-state index is 11.8. The van der Waals surface area contributed by atoms with Gasteiger partial charge in [-0.2, -0.15) is 0 Å². The van der Waals surface area contributed by atoms with Gasteiger partial charge in [-0.05, 0) is 24.2 Å². The zero-order valence-electron chi connectivity index (χ0n) is 9.95. The van der Waals surface area contributed by atoms with Gasteiger partial charge in [-0.15, -0.1) is 0 Å². The van der Waals surface area contributed by atoms with E-state index in [4.69, 9.17) is 0 Å². The van der Waals surface area contributed by atoms with Crippen LogP contribution in [0.25, 0.3) is 0 Å². The normalized spacial score (nSPS) is 36.2. The summed E-state index contributed by atoms with van der Waals surface area (Å²) in [7, 11) is -4.33. The second kappa shape index (κ2) is 3.84. The van der Waals surface area contributed by atoms with E-state index in [0.717, 1.165) is 6.42 Å². The monoisotopic (exact) mass is 238 g/mol. The molecule has 86 valence electrons. The molecule has 1 unspecified atom stereocenters. The van der Waals surface area contributed by atoms with Gasteiger partial charge in [-0.25, -0.2) is 8.42 Å². The molecule has 2 bridgehead atoms. The quantitative estimate of drug-likeness (QED) is 0.409. The van der Waals surface area contributed by atoms with E-state index in [2.05, 4.69) is 0 Å². The van der Waals surface area contributed by atoms with Crippen molar-refractivity contribution in [1.29, 1.82) is 0 Å². The van der Waals surface area contributed by atoms with E-state index in [1.54, 1.807) is 0 Å². The van der Waals surface area contributed by atoms with Gasteiger partial charge in [0, 0.05) is 11.8 Å². The summed E-state index contributed by atoms with van der Waals surface area (Å²) in [6.45, 7) is 3.83. The summed E-state index contributed by atoms with van der Waals surface area (Å²) in [5, 5.41) is 0. The Labute approximate surface area is 108 Å². The minimum absolute atomic E-state index is 0. The molecule has 0 amide bonds. The predicted molar refractivity (Wildman–Crippen MR) is 53.1 cm³/mol. The standard InChI is InChI=1S/C10H16O4S.Li/c1-9(2)7-3-4-10(9,8(11)5-7)6-15(12,13)14;/h7H,3-6H2,1-2H3,(H,12,13,14);/q;+1/p-1/t7?,10-;/m1./s1. The summed E-state index contributed by atoms with van der Waals surface area (Å²) < 4.78 is 32.7. The fourth-order valence-electron chi connectivity index (χ4n) is 3.41. The number of carbonyl (C=O) groups is 1. The van der Waals surface area contributed by atoms with Crippen molar-refractivity contribution in [3.63, 3.8) is 0 Å². The Morgan fingerprint density at radius 3 is 2.31 bits per heavy atom. The maximum absolute atomic E-state index is 11.8. The number of carbonyl (C=O) groups excluding carboxylic acids is 1. The van der Waals surface area contributed by atoms with Gasteiger partial charge in [-0.3, -0.25) is 4.79 Å². The molecule has 2 saturated carbocycles. The van der Waals surface area contributed by atoms with Crippen LogP contribution in [0.3, 0.4) is 0 Å². The molecule has 0 aromatic rings. The first kappa shape index (κ1) is 14.2. The van der Waals surface area contributed by atoms with Gasteiger partial charge in [0.15, 0.2) is 0 Å². The van der Waals surface area contributed by atoms with Crippen molar-refractivity contribution in [2.45, 2.75) is 33.1 Å². The largest absolute Gasteiger partial charge is 1.00 e. The average Bonchev–Trinajstić information content (AvgIpc) is 2.34. The van der Waals surface area contributed by atoms with Crippen LogP contribution in [0.5, 0.6) is 0 Å². The van der Waals surface area contributed by atoms with E-state index in [9.17, 15) is 17.8 Å². The molecule has 0 radical (unpaired) electrons. The fraction of sp³-hybridized carbons (Fsp3) is 0.900. The molecule has 6 heteroatoms. The molecule has 2 atom stereocenters. The first-order chi connectivity index (χ1) is 6.69. The van der Waals surface area contributed by atoms with E-state index >= 15 is 0 Å². The summed E-state index contributed by atoms with van der Waals surface area (Å²) in [5.74, 6) is -0.280. The third kappa shape index (κ3) is 1.78. The van der Waals surface area contributed by atoms with Crippen molar-refractivity contribution >= 4 is 15.9 Å². The number of hydrogen-bond donors (Lipinski definition) is 0. The van der Waals surface area contributed by atoms with Gasteiger partial charge in [0.25, 0.3) is 0 Å². The molecule has 0 aromatic heterocycles. The SMILES string of the molecule is CC1(C)C2CC[C@@]1(CS(=O)(=O)[O-])C(=O)C2.[Li+]. The molecular formula is C10H15LiO4S. The van der Waals surface area contributed by atoms with Crippen LogP contribution in [0.4, 0.5) is 0 Å². The zero-order valence-corrected chi connectivity index (χ0v) is 10.8. The van der Waals surface area contributed by atoms with Crippen LogP contribution in [0, 0.1) is 16.7 Å². The van der Waals surface area contributed by atoms with Crippen LogP contribution in [-0.4, -0.2) is 24.5 Å². The molecule has 2 aliphatic carbocycles. The third-order valence-electron chi connectivity index (χ3n) is 4.56. The first-order valence-electron chi connectivity index (χ1n) is 5.16. The van der Waals surface area contributed by atoms with Gasteiger partial charge in [0.1, 0.15) is 5.78 Å². The van der Waals surface area contributed by atoms with Crippen molar-refractivity contribution in [2.75, 3.05) is 5.75 Å². The minimum Gasteiger partial charge on any atom is -0.748 e. The van der Waals surface area contributed by atoms with Crippen molar-refractivity contribution in [3.05, 3.63) is 0 Å². The molecule has 4 nitrogen and oxygen atoms in total. The van der Waals surface area contributed by atoms with Crippen molar-refractivity contribution in [1.82, 2.24) is 0 Å². The molecule has 16 heavy (non-hydrogen) atoms. The van der Waals surface area contributed by atoms with Gasteiger partial charge >= 0.3 is 18.9 Å². The molecule has 0 aliphatic heterocycles. The number of hydrogen-bond acceptors (Lipinski definition) is 4. The fourth-order valence-corrected chi connectivity index (χ4v) is 4.69. The number of ketones is 1. The summed E-state index contributed by atoms with van der Waals surface area (Å²) in [6, 6.07) is 0. The number of Topliss-reactive ketones (excluding diaryl/α,β-unsaturated/α-hetero) is 1. The van der Waals surface area contributed by atoms with Crippen LogP contribution in [0.2, 0.25) is 0 Å². The first-order valence-corrected chi connectivity index (χ1v) is 6.74. The van der Waals surface area contributed by atoms with Crippen molar-refractivity contribution in [3.8, 4) is 0 Å². The maximum Gasteiger partial charge on any atom is 1.00 e. The molecule has 0 heterocycles. The van der Waals surface area contributed by atoms with Crippen LogP contribution in [-0.2, 0) is 14.9 Å². The summed E-state index contributed by atoms with van der Waals surface area (Å²) in [4.78, 5) is 11.8. The Morgan fingerprint density at radius 2 is 2.00 bits per heavy atom. The van der Waals surface area contributed by atoms with Gasteiger partial charge < -0.3 is 4.55 Å². The van der Waals surface area contributed by atoms with Gasteiger partial charge in [0.05, 0.1) is 15.9 Å². The molecule has 0 aromatic carbocycles. The van der Waals surface area contributed by atoms with Crippen molar-refractivity contribution < 1.29 is 36.6 Å². The topological polar surface area (TPSA) is 74.3 Å². The predicted octanol–water partition coefficient (Wildman–Crippen LogP) is -2.07. The molecule has 0 spiro atoms. The average molecular weight is 238 g/mol. The van der Waals surface area contributed by atoms with E-state index < -0.39 is 21.3 Å². The van der Waals surface area contributed by atoms with E-state index in [-0.39, 0.29) is 36.0 Å². The Kier molecular flexibility index (Phi) is 3.42. The van der Waals surface area contributed by atoms with Crippen LogP contribution in [0.15, 0.2) is 0 Å². The molecule has 2 rings (SSSR count). The molecule has 2 aliphatic rings. The smallest absolute Gasteiger partial charge is 0.748 e. The third-order valence-corrected chi connectivity index (χ3v) is 5.41. The van der Waals surface area contributed by atoms with Crippen molar-refractivity contribution in [2.24, 2.45) is 16.7 Å². The Hall–Kier alpha value is 0.177. The summed E-state index contributed by atoms with van der Waals surface area (Å²) >= 11 is 0. The zero-order chi connectivity index (χ0) is 11.5. The molecule has 0 N–H and O–H groups in total. The van der Waals surface area contributed by atoms with E-state index in [1.807, 2.05) is 13.8 Å². The summed E-state index contributed by atoms with van der Waals surface area (Å²) in [6.07, 6.45) is 1.88. The minimum atomic E-state index is -4.33. The Bertz CT molecular complexity index is 415. The molecular weight excluding hydrogens is 223 g/mol. The second-order valence-electron chi connectivity index (χ2n) is 5.37. The van der Waals surface area contributed by atoms with Crippen LogP contribution >= 0.6 is 0 Å². The van der Waals surface area contributed by atoms with Gasteiger partial charge in [0.2, 0.25) is 0 Å². The van der Waals surface area contributed by atoms with Gasteiger partial charge in [-0.1, -0.05) is 13.8 Å². The van der Waals surface area contributed by atoms with Crippen LogP contribution < -0.4 is 18.9 Å². The Morgan fingerprint density at radius 1 is 1.44 bits per heavy atom. The van der Waals surface area contributed by atoms with E-state index in [1.165, 1.54) is 0 Å². The van der Waals surface area contributed by atoms with Crippen LogP contribution in [0.1, 0.15) is 33.1 Å². The molecule has 2 fully saturated rings. The number of rotatable bonds is 2. The second-order valence-corrected chi connectivity index (χ2v) is 6.77. The van der Waals surface area contributed by atoms with E-state index in [0.29, 0.717) is 12.8 Å². The Balaban J connectivity index is 0.00000128.